The van der Waals surface area contributed by atoms with E-state index in [-0.39, 0.29) is 17.5 Å². The van der Waals surface area contributed by atoms with Crippen LogP contribution in [0, 0.1) is 11.8 Å². The average Bonchev–Trinajstić information content (AvgIpc) is 3.32. The van der Waals surface area contributed by atoms with E-state index in [1.54, 1.807) is 10.9 Å². The quantitative estimate of drug-likeness (QED) is 0.605. The number of carbonyl (C=O) groups is 1. The van der Waals surface area contributed by atoms with Crippen LogP contribution < -0.4 is 10.4 Å². The molecule has 6 nitrogen and oxygen atoms in total. The fraction of sp³-hybridized carbons (Fsp3) is 0.357. The van der Waals surface area contributed by atoms with E-state index in [9.17, 15) is 14.7 Å². The SMILES string of the molecule is O=C1c2c(O)c(=O)ccn2N(C23c4ccccc4CC2Cc2c(Cl)cccc23)CN1CC1CCC1. The molecule has 1 amide bonds. The van der Waals surface area contributed by atoms with Gasteiger partial charge in [0.05, 0.1) is 0 Å². The highest BCUT2D eigenvalue weighted by molar-refractivity contribution is 6.31. The molecule has 0 bridgehead atoms. The fourth-order valence-electron chi connectivity index (χ4n) is 6.92. The number of halogens is 1. The van der Waals surface area contributed by atoms with Gasteiger partial charge in [0.2, 0.25) is 5.43 Å². The summed E-state index contributed by atoms with van der Waals surface area (Å²) in [5.41, 5.74) is 3.73. The van der Waals surface area contributed by atoms with Crippen LogP contribution in [0.3, 0.4) is 0 Å². The molecule has 3 aromatic rings. The van der Waals surface area contributed by atoms with E-state index in [4.69, 9.17) is 11.6 Å². The second kappa shape index (κ2) is 7.37. The van der Waals surface area contributed by atoms with E-state index in [2.05, 4.69) is 35.3 Å². The van der Waals surface area contributed by atoms with Gasteiger partial charge in [-0.05, 0) is 59.9 Å². The predicted molar refractivity (Wildman–Crippen MR) is 133 cm³/mol. The average molecular weight is 488 g/mol. The summed E-state index contributed by atoms with van der Waals surface area (Å²) in [5.74, 6) is -0.0985. The molecular formula is C28H26ClN3O3. The highest BCUT2D eigenvalue weighted by atomic mass is 35.5. The normalized spacial score (nSPS) is 24.6. The number of carbonyl (C=O) groups excluding carboxylic acids is 1. The van der Waals surface area contributed by atoms with Crippen molar-refractivity contribution in [3.63, 3.8) is 0 Å². The minimum absolute atomic E-state index is 0.0519. The van der Waals surface area contributed by atoms with E-state index in [1.807, 2.05) is 17.0 Å². The second-order valence-electron chi connectivity index (χ2n) is 10.4. The van der Waals surface area contributed by atoms with Gasteiger partial charge in [-0.2, -0.15) is 0 Å². The Morgan fingerprint density at radius 2 is 1.80 bits per heavy atom. The number of pyridine rings is 1. The van der Waals surface area contributed by atoms with Crippen molar-refractivity contribution in [3.8, 4) is 5.75 Å². The van der Waals surface area contributed by atoms with Crippen LogP contribution in [-0.4, -0.2) is 33.8 Å². The van der Waals surface area contributed by atoms with Crippen LogP contribution in [0.1, 0.15) is 52.0 Å². The number of rotatable bonds is 3. The lowest BCUT2D eigenvalue weighted by atomic mass is 9.81. The van der Waals surface area contributed by atoms with Gasteiger partial charge in [-0.1, -0.05) is 54.4 Å². The first-order valence-corrected chi connectivity index (χ1v) is 12.8. The molecule has 2 atom stereocenters. The van der Waals surface area contributed by atoms with Gasteiger partial charge >= 0.3 is 0 Å². The van der Waals surface area contributed by atoms with Gasteiger partial charge in [0.1, 0.15) is 12.2 Å². The largest absolute Gasteiger partial charge is 0.502 e. The van der Waals surface area contributed by atoms with Crippen molar-refractivity contribution in [2.75, 3.05) is 18.2 Å². The maximum Gasteiger partial charge on any atom is 0.277 e. The fourth-order valence-corrected chi connectivity index (χ4v) is 7.17. The third-order valence-electron chi connectivity index (χ3n) is 8.68. The van der Waals surface area contributed by atoms with Crippen molar-refractivity contribution in [2.24, 2.45) is 11.8 Å². The molecule has 35 heavy (non-hydrogen) atoms. The molecule has 4 aliphatic rings. The number of hydrogen-bond donors (Lipinski definition) is 1. The first-order valence-electron chi connectivity index (χ1n) is 12.4. The van der Waals surface area contributed by atoms with E-state index < -0.39 is 16.7 Å². The van der Waals surface area contributed by atoms with Crippen molar-refractivity contribution in [2.45, 2.75) is 37.6 Å². The zero-order valence-electron chi connectivity index (χ0n) is 19.3. The van der Waals surface area contributed by atoms with E-state index in [0.717, 1.165) is 41.8 Å². The molecule has 3 aliphatic carbocycles. The zero-order valence-corrected chi connectivity index (χ0v) is 20.0. The lowest BCUT2D eigenvalue weighted by Gasteiger charge is -2.51. The van der Waals surface area contributed by atoms with E-state index in [1.165, 1.54) is 23.6 Å². The number of aromatic hydroxyl groups is 1. The number of hydrogen-bond acceptors (Lipinski definition) is 4. The number of benzene rings is 2. The first kappa shape index (κ1) is 21.1. The summed E-state index contributed by atoms with van der Waals surface area (Å²) in [6.45, 7) is 1.00. The Morgan fingerprint density at radius 1 is 1.00 bits per heavy atom. The number of amides is 1. The molecule has 0 spiro atoms. The lowest BCUT2D eigenvalue weighted by molar-refractivity contribution is 0.0575. The van der Waals surface area contributed by atoms with Crippen LogP contribution in [0.5, 0.6) is 5.75 Å². The maximum absolute atomic E-state index is 13.6. The van der Waals surface area contributed by atoms with Gasteiger partial charge in [0.25, 0.3) is 5.91 Å². The van der Waals surface area contributed by atoms with Gasteiger partial charge in [-0.15, -0.1) is 0 Å². The molecule has 2 aromatic carbocycles. The number of fused-ring (bicyclic) bond motifs is 6. The third kappa shape index (κ3) is 2.72. The van der Waals surface area contributed by atoms with Crippen molar-refractivity contribution in [1.29, 1.82) is 0 Å². The molecule has 0 saturated heterocycles. The van der Waals surface area contributed by atoms with Crippen molar-refractivity contribution in [3.05, 3.63) is 97.9 Å². The topological polar surface area (TPSA) is 65.8 Å². The van der Waals surface area contributed by atoms with Crippen molar-refractivity contribution < 1.29 is 9.90 Å². The van der Waals surface area contributed by atoms with Crippen LogP contribution in [0.15, 0.2) is 59.5 Å². The Hall–Kier alpha value is -3.25. The van der Waals surface area contributed by atoms with Crippen LogP contribution >= 0.6 is 11.6 Å². The smallest absolute Gasteiger partial charge is 0.277 e. The second-order valence-corrected chi connectivity index (χ2v) is 10.8. The maximum atomic E-state index is 13.6. The Balaban J connectivity index is 1.50. The summed E-state index contributed by atoms with van der Waals surface area (Å²) in [5, 5.41) is 13.8. The highest BCUT2D eigenvalue weighted by Crippen LogP contribution is 2.57. The summed E-state index contributed by atoms with van der Waals surface area (Å²) >= 11 is 6.73. The molecule has 1 fully saturated rings. The Bertz CT molecular complexity index is 1450. The van der Waals surface area contributed by atoms with Crippen LogP contribution in [0.2, 0.25) is 5.02 Å². The van der Waals surface area contributed by atoms with Gasteiger partial charge in [-0.25, -0.2) is 0 Å². The van der Waals surface area contributed by atoms with Gasteiger partial charge < -0.3 is 10.0 Å². The van der Waals surface area contributed by atoms with Gasteiger partial charge in [0.15, 0.2) is 11.4 Å². The van der Waals surface area contributed by atoms with Crippen LogP contribution in [-0.2, 0) is 18.4 Å². The highest BCUT2D eigenvalue weighted by Gasteiger charge is 2.59. The predicted octanol–water partition coefficient (Wildman–Crippen LogP) is 4.03. The minimum Gasteiger partial charge on any atom is -0.502 e. The molecule has 0 radical (unpaired) electrons. The summed E-state index contributed by atoms with van der Waals surface area (Å²) in [6, 6.07) is 15.9. The van der Waals surface area contributed by atoms with Crippen molar-refractivity contribution in [1.82, 2.24) is 9.58 Å². The number of nitrogens with zero attached hydrogens (tertiary/aromatic N) is 3. The Morgan fingerprint density at radius 3 is 2.60 bits per heavy atom. The molecule has 1 saturated carbocycles. The molecule has 7 rings (SSSR count). The molecular weight excluding hydrogens is 462 g/mol. The molecule has 178 valence electrons. The van der Waals surface area contributed by atoms with E-state index >= 15 is 0 Å². The molecule has 2 heterocycles. The standard InChI is InChI=1S/C28H26ClN3O3/c29-23-10-4-9-22-20(23)14-19-13-18-7-1-2-8-21(18)28(19,22)32-16-30(15-17-5-3-6-17)27(35)25-26(34)24(33)11-12-31(25)32/h1-2,4,7-12,17,19,34H,3,5-6,13-16H2. The van der Waals surface area contributed by atoms with Crippen LogP contribution in [0.4, 0.5) is 0 Å². The summed E-state index contributed by atoms with van der Waals surface area (Å²) in [6.07, 6.45) is 6.76. The monoisotopic (exact) mass is 487 g/mol. The first-order chi connectivity index (χ1) is 17.0. The van der Waals surface area contributed by atoms with Gasteiger partial charge in [-0.3, -0.25) is 19.3 Å². The molecule has 1 aliphatic heterocycles. The molecule has 2 unspecified atom stereocenters. The van der Waals surface area contributed by atoms with Gasteiger partial charge in [0, 0.05) is 29.7 Å². The Kier molecular flexibility index (Phi) is 4.44. The summed E-state index contributed by atoms with van der Waals surface area (Å²) in [4.78, 5) is 27.9. The zero-order chi connectivity index (χ0) is 23.9. The van der Waals surface area contributed by atoms with Crippen molar-refractivity contribution >= 4 is 17.5 Å². The molecule has 1 N–H and O–H groups in total. The minimum atomic E-state index is -0.564. The molecule has 1 aromatic heterocycles. The number of aromatic nitrogens is 1. The summed E-state index contributed by atoms with van der Waals surface area (Å²) in [7, 11) is 0. The lowest BCUT2D eigenvalue weighted by Crippen LogP contribution is -2.64. The van der Waals surface area contributed by atoms with Crippen LogP contribution in [0.25, 0.3) is 0 Å². The third-order valence-corrected chi connectivity index (χ3v) is 9.04. The summed E-state index contributed by atoms with van der Waals surface area (Å²) < 4.78 is 1.74. The molecule has 7 heteroatoms. The van der Waals surface area contributed by atoms with E-state index in [0.29, 0.717) is 19.1 Å². The Labute approximate surface area is 208 Å².